The van der Waals surface area contributed by atoms with Gasteiger partial charge in [-0.05, 0) is 43.9 Å². The Bertz CT molecular complexity index is 748. The highest BCUT2D eigenvalue weighted by atomic mass is 16.4. The van der Waals surface area contributed by atoms with Crippen molar-refractivity contribution in [3.05, 3.63) is 41.7 Å². The minimum Gasteiger partial charge on any atom is -0.478 e. The number of carbonyl (C=O) groups is 1. The molecule has 1 saturated heterocycles. The molecule has 0 amide bonds. The number of aromatic nitrogens is 2. The summed E-state index contributed by atoms with van der Waals surface area (Å²) in [6.45, 7) is 6.14. The van der Waals surface area contributed by atoms with Crippen LogP contribution in [0.3, 0.4) is 0 Å². The molecule has 1 aliphatic rings. The van der Waals surface area contributed by atoms with Gasteiger partial charge in [0.15, 0.2) is 0 Å². The van der Waals surface area contributed by atoms with Crippen LogP contribution < -0.4 is 10.2 Å². The van der Waals surface area contributed by atoms with Gasteiger partial charge in [-0.15, -0.1) is 0 Å². The zero-order chi connectivity index (χ0) is 17.1. The molecular weight excluding hydrogens is 304 g/mol. The molecule has 1 atom stereocenters. The van der Waals surface area contributed by atoms with Crippen LogP contribution in [0.5, 0.6) is 0 Å². The van der Waals surface area contributed by atoms with Gasteiger partial charge in [0, 0.05) is 24.8 Å². The van der Waals surface area contributed by atoms with Gasteiger partial charge in [-0.1, -0.05) is 13.0 Å². The van der Waals surface area contributed by atoms with Crippen molar-refractivity contribution in [2.24, 2.45) is 5.92 Å². The number of nitrogens with zero attached hydrogens (tertiary/aromatic N) is 3. The van der Waals surface area contributed by atoms with E-state index in [1.54, 1.807) is 18.2 Å². The summed E-state index contributed by atoms with van der Waals surface area (Å²) in [5.74, 6) is 2.02. The van der Waals surface area contributed by atoms with Crippen molar-refractivity contribution in [1.29, 1.82) is 0 Å². The Balaban J connectivity index is 1.83. The Kier molecular flexibility index (Phi) is 4.64. The monoisotopic (exact) mass is 326 g/mol. The van der Waals surface area contributed by atoms with Crippen molar-refractivity contribution < 1.29 is 9.90 Å². The molecule has 6 heteroatoms. The number of benzene rings is 1. The zero-order valence-corrected chi connectivity index (χ0v) is 14.0. The van der Waals surface area contributed by atoms with Crippen LogP contribution in [0.15, 0.2) is 30.3 Å². The number of hydrogen-bond acceptors (Lipinski definition) is 5. The standard InChI is InChI=1S/C18H22N4O2/c1-12-5-4-8-22(11-12)17-10-16(19-13(2)20-17)21-15-7-3-6-14(9-15)18(23)24/h3,6-7,9-10,12H,4-5,8,11H2,1-2H3,(H,23,24)(H,19,20,21). The Morgan fingerprint density at radius 1 is 1.33 bits per heavy atom. The lowest BCUT2D eigenvalue weighted by molar-refractivity contribution is 0.0697. The van der Waals surface area contributed by atoms with Crippen LogP contribution >= 0.6 is 0 Å². The van der Waals surface area contributed by atoms with Gasteiger partial charge < -0.3 is 15.3 Å². The van der Waals surface area contributed by atoms with Crippen LogP contribution in [0.2, 0.25) is 0 Å². The number of aromatic carboxylic acids is 1. The Morgan fingerprint density at radius 2 is 2.17 bits per heavy atom. The maximum Gasteiger partial charge on any atom is 0.335 e. The van der Waals surface area contributed by atoms with Crippen LogP contribution in [-0.2, 0) is 0 Å². The minimum absolute atomic E-state index is 0.246. The van der Waals surface area contributed by atoms with Crippen LogP contribution in [0, 0.1) is 12.8 Å². The van der Waals surface area contributed by atoms with Crippen molar-refractivity contribution in [1.82, 2.24) is 9.97 Å². The fourth-order valence-corrected chi connectivity index (χ4v) is 3.05. The zero-order valence-electron chi connectivity index (χ0n) is 14.0. The van der Waals surface area contributed by atoms with E-state index in [4.69, 9.17) is 5.11 Å². The van der Waals surface area contributed by atoms with Crippen molar-refractivity contribution in [2.45, 2.75) is 26.7 Å². The van der Waals surface area contributed by atoms with Crippen molar-refractivity contribution >= 4 is 23.3 Å². The molecule has 0 aliphatic carbocycles. The molecule has 1 aliphatic heterocycles. The summed E-state index contributed by atoms with van der Waals surface area (Å²) in [7, 11) is 0. The SMILES string of the molecule is Cc1nc(Nc2cccc(C(=O)O)c2)cc(N2CCCC(C)C2)n1. The third-order valence-corrected chi connectivity index (χ3v) is 4.19. The fraction of sp³-hybridized carbons (Fsp3) is 0.389. The molecular formula is C18H22N4O2. The van der Waals surface area contributed by atoms with E-state index >= 15 is 0 Å². The van der Waals surface area contributed by atoms with E-state index in [0.717, 1.165) is 18.9 Å². The Morgan fingerprint density at radius 3 is 2.92 bits per heavy atom. The number of nitrogens with one attached hydrogen (secondary N) is 1. The maximum atomic E-state index is 11.1. The van der Waals surface area contributed by atoms with Gasteiger partial charge in [-0.2, -0.15) is 0 Å². The largest absolute Gasteiger partial charge is 0.478 e. The number of aryl methyl sites for hydroxylation is 1. The molecule has 3 rings (SSSR count). The third-order valence-electron chi connectivity index (χ3n) is 4.19. The van der Waals surface area contributed by atoms with Crippen molar-refractivity contribution in [3.63, 3.8) is 0 Å². The quantitative estimate of drug-likeness (QED) is 0.896. The molecule has 1 unspecified atom stereocenters. The molecule has 1 aromatic heterocycles. The van der Waals surface area contributed by atoms with E-state index in [1.165, 1.54) is 12.8 Å². The van der Waals surface area contributed by atoms with E-state index < -0.39 is 5.97 Å². The number of carboxylic acids is 1. The first-order valence-electron chi connectivity index (χ1n) is 8.22. The van der Waals surface area contributed by atoms with Crippen molar-refractivity contribution in [2.75, 3.05) is 23.3 Å². The summed E-state index contributed by atoms with van der Waals surface area (Å²) in [6, 6.07) is 8.64. The molecule has 126 valence electrons. The highest BCUT2D eigenvalue weighted by molar-refractivity contribution is 5.89. The first-order chi connectivity index (χ1) is 11.5. The van der Waals surface area contributed by atoms with Gasteiger partial charge in [0.25, 0.3) is 0 Å². The molecule has 1 fully saturated rings. The Hall–Kier alpha value is -2.63. The topological polar surface area (TPSA) is 78.3 Å². The van der Waals surface area contributed by atoms with E-state index in [-0.39, 0.29) is 5.56 Å². The highest BCUT2D eigenvalue weighted by Crippen LogP contribution is 2.24. The first kappa shape index (κ1) is 16.2. The Labute approximate surface area is 141 Å². The maximum absolute atomic E-state index is 11.1. The number of piperidine rings is 1. The predicted molar refractivity (Wildman–Crippen MR) is 94.1 cm³/mol. The number of carboxylic acid groups (broad SMARTS) is 1. The van der Waals surface area contributed by atoms with E-state index in [1.807, 2.05) is 19.1 Å². The molecule has 0 bridgehead atoms. The molecule has 0 spiro atoms. The summed E-state index contributed by atoms with van der Waals surface area (Å²) < 4.78 is 0. The average molecular weight is 326 g/mol. The third kappa shape index (κ3) is 3.82. The summed E-state index contributed by atoms with van der Waals surface area (Å²) in [6.07, 6.45) is 2.43. The predicted octanol–water partition coefficient (Wildman–Crippen LogP) is 3.46. The van der Waals surface area contributed by atoms with Gasteiger partial charge in [0.05, 0.1) is 5.56 Å². The first-order valence-corrected chi connectivity index (χ1v) is 8.22. The van der Waals surface area contributed by atoms with Crippen LogP contribution in [0.1, 0.15) is 35.9 Å². The second-order valence-corrected chi connectivity index (χ2v) is 6.36. The molecule has 0 radical (unpaired) electrons. The normalized spacial score (nSPS) is 17.6. The lowest BCUT2D eigenvalue weighted by atomic mass is 10.0. The van der Waals surface area contributed by atoms with Crippen LogP contribution in [-0.4, -0.2) is 34.1 Å². The van der Waals surface area contributed by atoms with Crippen molar-refractivity contribution in [3.8, 4) is 0 Å². The number of rotatable bonds is 4. The summed E-state index contributed by atoms with van der Waals surface area (Å²) >= 11 is 0. The van der Waals surface area contributed by atoms with Crippen LogP contribution in [0.25, 0.3) is 0 Å². The fourth-order valence-electron chi connectivity index (χ4n) is 3.05. The summed E-state index contributed by atoms with van der Waals surface area (Å²) in [5.41, 5.74) is 0.946. The minimum atomic E-state index is -0.944. The molecule has 2 aromatic rings. The summed E-state index contributed by atoms with van der Waals surface area (Å²) in [4.78, 5) is 22.4. The smallest absolute Gasteiger partial charge is 0.335 e. The van der Waals surface area contributed by atoms with Crippen LogP contribution in [0.4, 0.5) is 17.3 Å². The second-order valence-electron chi connectivity index (χ2n) is 6.36. The van der Waals surface area contributed by atoms with Gasteiger partial charge in [0.1, 0.15) is 17.5 Å². The molecule has 24 heavy (non-hydrogen) atoms. The number of hydrogen-bond donors (Lipinski definition) is 2. The van der Waals surface area contributed by atoms with E-state index in [2.05, 4.69) is 27.1 Å². The average Bonchev–Trinajstić information content (AvgIpc) is 2.54. The van der Waals surface area contributed by atoms with Gasteiger partial charge >= 0.3 is 5.97 Å². The van der Waals surface area contributed by atoms with E-state index in [9.17, 15) is 4.79 Å². The highest BCUT2D eigenvalue weighted by Gasteiger charge is 2.18. The molecule has 2 N–H and O–H groups in total. The van der Waals surface area contributed by atoms with Gasteiger partial charge in [-0.25, -0.2) is 14.8 Å². The lowest BCUT2D eigenvalue weighted by Crippen LogP contribution is -2.35. The molecule has 0 saturated carbocycles. The van der Waals surface area contributed by atoms with Gasteiger partial charge in [-0.3, -0.25) is 0 Å². The summed E-state index contributed by atoms with van der Waals surface area (Å²) in [5, 5.41) is 12.3. The van der Waals surface area contributed by atoms with E-state index in [0.29, 0.717) is 23.2 Å². The molecule has 2 heterocycles. The molecule has 6 nitrogen and oxygen atoms in total. The second kappa shape index (κ2) is 6.86. The lowest BCUT2D eigenvalue weighted by Gasteiger charge is -2.32. The van der Waals surface area contributed by atoms with Gasteiger partial charge in [0.2, 0.25) is 0 Å². The molecule has 1 aromatic carbocycles. The number of anilines is 3.